The summed E-state index contributed by atoms with van der Waals surface area (Å²) in [5, 5.41) is 12.0. The lowest BCUT2D eigenvalue weighted by atomic mass is 9.86. The van der Waals surface area contributed by atoms with Crippen LogP contribution >= 0.6 is 0 Å². The van der Waals surface area contributed by atoms with Crippen molar-refractivity contribution in [1.82, 2.24) is 10.3 Å². The van der Waals surface area contributed by atoms with E-state index in [4.69, 9.17) is 5.11 Å². The number of aryl methyl sites for hydroxylation is 1. The Hall–Kier alpha value is -3.42. The molecule has 0 aliphatic heterocycles. The zero-order chi connectivity index (χ0) is 23.3. The molecule has 5 nitrogen and oxygen atoms in total. The summed E-state index contributed by atoms with van der Waals surface area (Å²) in [6.07, 6.45) is -5.53. The van der Waals surface area contributed by atoms with Crippen molar-refractivity contribution >= 4 is 22.8 Å². The second-order valence-corrected chi connectivity index (χ2v) is 7.63. The number of hydrogen-bond donors (Lipinski definition) is 2. The molecule has 0 aliphatic carbocycles. The zero-order valence-corrected chi connectivity index (χ0v) is 17.4. The minimum Gasteiger partial charge on any atom is -0.481 e. The number of fused-ring (bicyclic) bond motifs is 1. The minimum absolute atomic E-state index is 0.00523. The number of hydrogen-bond acceptors (Lipinski definition) is 3. The van der Waals surface area contributed by atoms with E-state index < -0.39 is 30.4 Å². The third-order valence-corrected chi connectivity index (χ3v) is 5.17. The van der Waals surface area contributed by atoms with Crippen molar-refractivity contribution < 1.29 is 27.9 Å². The van der Waals surface area contributed by atoms with Gasteiger partial charge >= 0.3 is 12.1 Å². The fourth-order valence-electron chi connectivity index (χ4n) is 3.55. The third kappa shape index (κ3) is 6.29. The fourth-order valence-corrected chi connectivity index (χ4v) is 3.55. The molecule has 8 heteroatoms. The summed E-state index contributed by atoms with van der Waals surface area (Å²) in [5.41, 5.74) is 3.35. The van der Waals surface area contributed by atoms with E-state index in [2.05, 4.69) is 10.3 Å². The Morgan fingerprint density at radius 1 is 1.03 bits per heavy atom. The molecule has 168 valence electrons. The molecule has 0 saturated carbocycles. The molecule has 1 heterocycles. The number of carbonyl (C=O) groups is 2. The Balaban J connectivity index is 1.86. The van der Waals surface area contributed by atoms with Gasteiger partial charge in [-0.3, -0.25) is 14.6 Å². The first-order chi connectivity index (χ1) is 15.1. The normalized spacial score (nSPS) is 12.5. The molecule has 0 bridgehead atoms. The molecule has 0 saturated heterocycles. The van der Waals surface area contributed by atoms with Gasteiger partial charge < -0.3 is 10.4 Å². The van der Waals surface area contributed by atoms with Crippen LogP contribution in [0.1, 0.15) is 52.4 Å². The predicted octanol–water partition coefficient (Wildman–Crippen LogP) is 5.22. The number of pyridine rings is 1. The Morgan fingerprint density at radius 2 is 1.72 bits per heavy atom. The standard InChI is InChI=1S/C24H23F3N2O3/c1-15-2-3-19-14-18(8-9-21(19)29-15)20(10-12-24(25,26)27)16-4-6-17(7-5-16)23(32)28-13-11-22(30)31/h2-9,14,20H,10-13H2,1H3,(H,28,32)(H,30,31). The van der Waals surface area contributed by atoms with Crippen molar-refractivity contribution in [3.8, 4) is 0 Å². The second-order valence-electron chi connectivity index (χ2n) is 7.63. The summed E-state index contributed by atoms with van der Waals surface area (Å²) >= 11 is 0. The van der Waals surface area contributed by atoms with Gasteiger partial charge in [0.25, 0.3) is 5.91 Å². The highest BCUT2D eigenvalue weighted by Crippen LogP contribution is 2.35. The molecule has 1 aromatic heterocycles. The number of nitrogens with one attached hydrogen (secondary N) is 1. The van der Waals surface area contributed by atoms with Gasteiger partial charge in [0.1, 0.15) is 0 Å². The summed E-state index contributed by atoms with van der Waals surface area (Å²) in [5.74, 6) is -1.96. The summed E-state index contributed by atoms with van der Waals surface area (Å²) in [7, 11) is 0. The number of nitrogens with zero attached hydrogens (tertiary/aromatic N) is 1. The van der Waals surface area contributed by atoms with Gasteiger partial charge in [-0.15, -0.1) is 0 Å². The molecule has 1 unspecified atom stereocenters. The highest BCUT2D eigenvalue weighted by molar-refractivity contribution is 5.94. The van der Waals surface area contributed by atoms with Crippen molar-refractivity contribution in [2.75, 3.05) is 6.54 Å². The Bertz CT molecular complexity index is 1110. The maximum Gasteiger partial charge on any atom is 0.389 e. The van der Waals surface area contributed by atoms with E-state index in [0.717, 1.165) is 22.2 Å². The molecule has 3 aromatic rings. The van der Waals surface area contributed by atoms with Crippen LogP contribution in [0.4, 0.5) is 13.2 Å². The number of carboxylic acids is 1. The van der Waals surface area contributed by atoms with Crippen LogP contribution in [0.25, 0.3) is 10.9 Å². The van der Waals surface area contributed by atoms with E-state index in [0.29, 0.717) is 11.1 Å². The number of carbonyl (C=O) groups excluding carboxylic acids is 1. The first-order valence-electron chi connectivity index (χ1n) is 10.2. The van der Waals surface area contributed by atoms with Gasteiger partial charge in [-0.2, -0.15) is 13.2 Å². The average molecular weight is 444 g/mol. The molecule has 1 amide bonds. The van der Waals surface area contributed by atoms with Crippen molar-refractivity contribution in [3.05, 3.63) is 77.0 Å². The monoisotopic (exact) mass is 444 g/mol. The lowest BCUT2D eigenvalue weighted by Crippen LogP contribution is -2.25. The molecule has 2 aromatic carbocycles. The predicted molar refractivity (Wildman–Crippen MR) is 115 cm³/mol. The number of rotatable bonds is 8. The van der Waals surface area contributed by atoms with Gasteiger partial charge in [0.15, 0.2) is 0 Å². The molecule has 32 heavy (non-hydrogen) atoms. The van der Waals surface area contributed by atoms with Crippen LogP contribution in [0.2, 0.25) is 0 Å². The first-order valence-corrected chi connectivity index (χ1v) is 10.2. The van der Waals surface area contributed by atoms with Crippen LogP contribution in [0.5, 0.6) is 0 Å². The van der Waals surface area contributed by atoms with Gasteiger partial charge in [-0.1, -0.05) is 24.3 Å². The highest BCUT2D eigenvalue weighted by Gasteiger charge is 2.29. The van der Waals surface area contributed by atoms with Crippen molar-refractivity contribution in [2.24, 2.45) is 0 Å². The summed E-state index contributed by atoms with van der Waals surface area (Å²) in [6, 6.07) is 15.6. The highest BCUT2D eigenvalue weighted by atomic mass is 19.4. The van der Waals surface area contributed by atoms with E-state index in [1.807, 2.05) is 31.2 Å². The van der Waals surface area contributed by atoms with Crippen LogP contribution in [0.3, 0.4) is 0 Å². The quantitative estimate of drug-likeness (QED) is 0.499. The van der Waals surface area contributed by atoms with Crippen LogP contribution in [0.15, 0.2) is 54.6 Å². The zero-order valence-electron chi connectivity index (χ0n) is 17.4. The van der Waals surface area contributed by atoms with E-state index in [1.165, 1.54) is 12.1 Å². The lowest BCUT2D eigenvalue weighted by Gasteiger charge is -2.20. The molecule has 1 atom stereocenters. The van der Waals surface area contributed by atoms with Crippen LogP contribution in [-0.4, -0.2) is 34.7 Å². The molecule has 2 N–H and O–H groups in total. The number of alkyl halides is 3. The van der Waals surface area contributed by atoms with Gasteiger partial charge in [0.2, 0.25) is 0 Å². The number of amides is 1. The van der Waals surface area contributed by atoms with E-state index in [-0.39, 0.29) is 19.4 Å². The Labute approximate surface area is 183 Å². The SMILES string of the molecule is Cc1ccc2cc(C(CCC(F)(F)F)c3ccc(C(=O)NCCC(=O)O)cc3)ccc2n1. The van der Waals surface area contributed by atoms with E-state index in [9.17, 15) is 22.8 Å². The summed E-state index contributed by atoms with van der Waals surface area (Å²) < 4.78 is 39.0. The number of halogens is 3. The van der Waals surface area contributed by atoms with Gasteiger partial charge in [0.05, 0.1) is 11.9 Å². The summed E-state index contributed by atoms with van der Waals surface area (Å²) in [4.78, 5) is 27.2. The molecule has 0 aliphatic rings. The first kappa shape index (κ1) is 23.2. The molecule has 3 rings (SSSR count). The molecule has 0 spiro atoms. The smallest absolute Gasteiger partial charge is 0.389 e. The molecular weight excluding hydrogens is 421 g/mol. The van der Waals surface area contributed by atoms with E-state index in [1.54, 1.807) is 18.2 Å². The van der Waals surface area contributed by atoms with Crippen LogP contribution < -0.4 is 5.32 Å². The third-order valence-electron chi connectivity index (χ3n) is 5.17. The molecule has 0 fully saturated rings. The van der Waals surface area contributed by atoms with Gasteiger partial charge in [0, 0.05) is 35.5 Å². The van der Waals surface area contributed by atoms with E-state index >= 15 is 0 Å². The number of aliphatic carboxylic acids is 1. The second kappa shape index (κ2) is 9.80. The minimum atomic E-state index is -4.28. The van der Waals surface area contributed by atoms with Crippen molar-refractivity contribution in [2.45, 2.75) is 38.3 Å². The number of benzene rings is 2. The topological polar surface area (TPSA) is 79.3 Å². The largest absolute Gasteiger partial charge is 0.481 e. The molecular formula is C24H23F3N2O3. The Kier molecular flexibility index (Phi) is 7.12. The van der Waals surface area contributed by atoms with Gasteiger partial charge in [-0.25, -0.2) is 0 Å². The maximum atomic E-state index is 13.0. The van der Waals surface area contributed by atoms with Crippen LogP contribution in [-0.2, 0) is 4.79 Å². The van der Waals surface area contributed by atoms with Gasteiger partial charge in [-0.05, 0) is 54.8 Å². The lowest BCUT2D eigenvalue weighted by molar-refractivity contribution is -0.137. The number of carboxylic acid groups (broad SMARTS) is 1. The van der Waals surface area contributed by atoms with Crippen LogP contribution in [0, 0.1) is 6.92 Å². The average Bonchev–Trinajstić information content (AvgIpc) is 2.73. The molecule has 0 radical (unpaired) electrons. The van der Waals surface area contributed by atoms with Crippen molar-refractivity contribution in [1.29, 1.82) is 0 Å². The number of aromatic nitrogens is 1. The maximum absolute atomic E-state index is 13.0. The summed E-state index contributed by atoms with van der Waals surface area (Å²) in [6.45, 7) is 1.87. The van der Waals surface area contributed by atoms with Crippen molar-refractivity contribution in [3.63, 3.8) is 0 Å². The Morgan fingerprint density at radius 3 is 2.38 bits per heavy atom. The fraction of sp³-hybridized carbons (Fsp3) is 0.292.